The topological polar surface area (TPSA) is 148 Å². The third kappa shape index (κ3) is 5.17. The number of aliphatic hydroxyl groups excluding tert-OH is 4. The van der Waals surface area contributed by atoms with E-state index in [0.29, 0.717) is 10.3 Å². The van der Waals surface area contributed by atoms with Crippen molar-refractivity contribution in [2.75, 3.05) is 14.1 Å². The second kappa shape index (κ2) is 10.7. The molecule has 4 heterocycles. The molecule has 4 aliphatic rings. The average molecular weight is 501 g/mol. The van der Waals surface area contributed by atoms with Gasteiger partial charge in [-0.3, -0.25) is 9.98 Å². The Morgan fingerprint density at radius 1 is 0.812 bits per heavy atom. The summed E-state index contributed by atoms with van der Waals surface area (Å²) in [6, 6.07) is -1.21. The van der Waals surface area contributed by atoms with Crippen LogP contribution in [0.15, 0.2) is 9.98 Å². The van der Waals surface area contributed by atoms with Crippen molar-refractivity contribution in [1.29, 1.82) is 0 Å². The molecule has 184 valence electrons. The first-order valence-electron chi connectivity index (χ1n) is 10.2. The molecule has 12 atom stereocenters. The van der Waals surface area contributed by atoms with Crippen molar-refractivity contribution < 1.29 is 38.7 Å². The average Bonchev–Trinajstić information content (AvgIpc) is 3.37. The Kier molecular flexibility index (Phi) is 8.63. The highest BCUT2D eigenvalue weighted by atomic mass is 32.2. The second-order valence-electron chi connectivity index (χ2n) is 7.92. The number of hydrogen-bond donors (Lipinski definition) is 6. The van der Waals surface area contributed by atoms with E-state index in [0.717, 1.165) is 0 Å². The normalized spacial score (nSPS) is 47.6. The minimum absolute atomic E-state index is 0.448. The van der Waals surface area contributed by atoms with Crippen LogP contribution in [-0.2, 0) is 9.47 Å². The lowest BCUT2D eigenvalue weighted by Crippen LogP contribution is -2.59. The van der Waals surface area contributed by atoms with Gasteiger partial charge < -0.3 is 40.5 Å². The summed E-state index contributed by atoms with van der Waals surface area (Å²) in [6.45, 7) is 2.95. The predicted octanol–water partition coefficient (Wildman–Crippen LogP) is -1.04. The van der Waals surface area contributed by atoms with Crippen LogP contribution in [0.1, 0.15) is 13.8 Å². The number of rotatable bonds is 2. The van der Waals surface area contributed by atoms with Gasteiger partial charge in [0.05, 0.1) is 24.3 Å². The molecular formula is C18H30F2N4O6S2. The van der Waals surface area contributed by atoms with E-state index in [9.17, 15) is 29.2 Å². The smallest absolute Gasteiger partial charge is 0.159 e. The van der Waals surface area contributed by atoms with E-state index >= 15 is 0 Å². The monoisotopic (exact) mass is 500 g/mol. The van der Waals surface area contributed by atoms with Crippen molar-refractivity contribution in [2.45, 2.75) is 85.8 Å². The van der Waals surface area contributed by atoms with E-state index < -0.39 is 71.9 Å². The maximum atomic E-state index is 13.9. The molecule has 0 aromatic carbocycles. The van der Waals surface area contributed by atoms with Crippen LogP contribution in [-0.4, -0.2) is 117 Å². The van der Waals surface area contributed by atoms with E-state index in [2.05, 4.69) is 20.6 Å². The number of amidine groups is 2. The largest absolute Gasteiger partial charge is 0.391 e. The number of nitrogens with zero attached hydrogens (tertiary/aromatic N) is 2. The van der Waals surface area contributed by atoms with Crippen LogP contribution in [0.3, 0.4) is 0 Å². The number of alkyl halides is 2. The first-order valence-corrected chi connectivity index (χ1v) is 12.0. The zero-order valence-corrected chi connectivity index (χ0v) is 19.6. The summed E-state index contributed by atoms with van der Waals surface area (Å²) in [7, 11) is 3.20. The van der Waals surface area contributed by atoms with Crippen molar-refractivity contribution in [3.05, 3.63) is 0 Å². The SMILES string of the molecule is CN=C1N[C@@H]2[C@@H](F)[C@H](O)[C@@H]([C@@H](C)O)O[C@@H]2S1.CN=C1N[C@@H]2[C@@H](F)[C@H](O)[C@@H]([C@H](C)O)O[C@@H]2S1. The number of ether oxygens (including phenoxy) is 2. The molecule has 0 unspecified atom stereocenters. The van der Waals surface area contributed by atoms with Gasteiger partial charge in [0, 0.05) is 14.1 Å². The summed E-state index contributed by atoms with van der Waals surface area (Å²) in [5, 5.41) is 45.0. The zero-order valence-electron chi connectivity index (χ0n) is 18.0. The molecule has 14 heteroatoms. The van der Waals surface area contributed by atoms with Crippen molar-refractivity contribution in [3.63, 3.8) is 0 Å². The molecular weight excluding hydrogens is 470 g/mol. The van der Waals surface area contributed by atoms with Gasteiger partial charge in [-0.15, -0.1) is 0 Å². The maximum Gasteiger partial charge on any atom is 0.159 e. The van der Waals surface area contributed by atoms with Crippen LogP contribution in [0.5, 0.6) is 0 Å². The number of thioether (sulfide) groups is 2. The molecule has 32 heavy (non-hydrogen) atoms. The number of halogens is 2. The second-order valence-corrected chi connectivity index (χ2v) is 10.1. The van der Waals surface area contributed by atoms with Crippen LogP contribution in [0.25, 0.3) is 0 Å². The summed E-state index contributed by atoms with van der Waals surface area (Å²) in [5.74, 6) is 0. The molecule has 4 fully saturated rings. The molecule has 4 rings (SSSR count). The van der Waals surface area contributed by atoms with E-state index in [4.69, 9.17) is 9.47 Å². The van der Waals surface area contributed by atoms with Gasteiger partial charge in [-0.2, -0.15) is 0 Å². The first kappa shape index (κ1) is 25.9. The predicted molar refractivity (Wildman–Crippen MR) is 118 cm³/mol. The Hall–Kier alpha value is -0.740. The highest BCUT2D eigenvalue weighted by Gasteiger charge is 2.52. The van der Waals surface area contributed by atoms with E-state index in [1.165, 1.54) is 37.4 Å². The van der Waals surface area contributed by atoms with Crippen molar-refractivity contribution in [3.8, 4) is 0 Å². The fourth-order valence-electron chi connectivity index (χ4n) is 3.83. The minimum atomic E-state index is -1.47. The Balaban J connectivity index is 0.000000181. The lowest BCUT2D eigenvalue weighted by atomic mass is 9.96. The molecule has 6 N–H and O–H groups in total. The maximum absolute atomic E-state index is 13.9. The summed E-state index contributed by atoms with van der Waals surface area (Å²) in [5.41, 5.74) is -0.895. The lowest BCUT2D eigenvalue weighted by molar-refractivity contribution is -0.167. The summed E-state index contributed by atoms with van der Waals surface area (Å²) < 4.78 is 38.7. The molecule has 0 radical (unpaired) electrons. The Bertz CT molecular complexity index is 663. The molecule has 4 aliphatic heterocycles. The number of aliphatic hydroxyl groups is 4. The molecule has 0 aromatic rings. The summed E-state index contributed by atoms with van der Waals surface area (Å²) in [6.07, 6.45) is -9.15. The minimum Gasteiger partial charge on any atom is -0.391 e. The molecule has 0 saturated carbocycles. The number of fused-ring (bicyclic) bond motifs is 2. The first-order chi connectivity index (χ1) is 15.1. The van der Waals surface area contributed by atoms with Gasteiger partial charge >= 0.3 is 0 Å². The van der Waals surface area contributed by atoms with Gasteiger partial charge in [-0.05, 0) is 13.8 Å². The van der Waals surface area contributed by atoms with Gasteiger partial charge in [0.25, 0.3) is 0 Å². The van der Waals surface area contributed by atoms with Crippen LogP contribution >= 0.6 is 23.5 Å². The van der Waals surface area contributed by atoms with Crippen LogP contribution < -0.4 is 10.6 Å². The zero-order chi connectivity index (χ0) is 23.7. The van der Waals surface area contributed by atoms with E-state index in [1.807, 2.05) is 0 Å². The van der Waals surface area contributed by atoms with Gasteiger partial charge in [-0.25, -0.2) is 8.78 Å². The third-order valence-corrected chi connectivity index (χ3v) is 7.89. The Labute approximate surface area is 193 Å². The van der Waals surface area contributed by atoms with Crippen molar-refractivity contribution >= 4 is 33.9 Å². The molecule has 0 amide bonds. The quantitative estimate of drug-likeness (QED) is 0.278. The number of nitrogens with one attached hydrogen (secondary N) is 2. The molecule has 0 aromatic heterocycles. The molecule has 0 bridgehead atoms. The van der Waals surface area contributed by atoms with Gasteiger partial charge in [0.2, 0.25) is 0 Å². The molecule has 0 spiro atoms. The highest BCUT2D eigenvalue weighted by Crippen LogP contribution is 2.37. The highest BCUT2D eigenvalue weighted by molar-refractivity contribution is 8.14. The lowest BCUT2D eigenvalue weighted by Gasteiger charge is -2.38. The van der Waals surface area contributed by atoms with Crippen LogP contribution in [0.2, 0.25) is 0 Å². The van der Waals surface area contributed by atoms with Crippen molar-refractivity contribution in [1.82, 2.24) is 10.6 Å². The number of hydrogen-bond acceptors (Lipinski definition) is 10. The van der Waals surface area contributed by atoms with Gasteiger partial charge in [0.15, 0.2) is 22.7 Å². The molecule has 10 nitrogen and oxygen atoms in total. The van der Waals surface area contributed by atoms with E-state index in [-0.39, 0.29) is 0 Å². The summed E-state index contributed by atoms with van der Waals surface area (Å²) >= 11 is 2.55. The van der Waals surface area contributed by atoms with Gasteiger partial charge in [0.1, 0.15) is 35.3 Å². The molecule has 4 saturated heterocycles. The Morgan fingerprint density at radius 2 is 1.16 bits per heavy atom. The van der Waals surface area contributed by atoms with Gasteiger partial charge in [-0.1, -0.05) is 23.5 Å². The third-order valence-electron chi connectivity index (χ3n) is 5.57. The Morgan fingerprint density at radius 3 is 1.44 bits per heavy atom. The van der Waals surface area contributed by atoms with Crippen molar-refractivity contribution in [2.24, 2.45) is 9.98 Å². The molecule has 0 aliphatic carbocycles. The van der Waals surface area contributed by atoms with E-state index in [1.54, 1.807) is 14.1 Å². The summed E-state index contributed by atoms with van der Waals surface area (Å²) in [4.78, 5) is 7.84. The fraction of sp³-hybridized carbons (Fsp3) is 0.889. The standard InChI is InChI=1S/2C9H15FN2O3S/c2*1-3(13)7-6(14)4(10)5-8(15-7)16-9(11-2)12-5/h2*3-8,13-14H,1-2H3,(H,11,12)/t3-,4+,5+,6-,7+,8+;3-,4-,5-,6+,7-,8-/m01/s1. The number of aliphatic imine (C=N–C) groups is 2. The fourth-order valence-corrected chi connectivity index (χ4v) is 5.99. The van der Waals surface area contributed by atoms with Crippen LogP contribution in [0, 0.1) is 0 Å². The van der Waals surface area contributed by atoms with Crippen LogP contribution in [0.4, 0.5) is 8.78 Å².